The van der Waals surface area contributed by atoms with Crippen LogP contribution in [0.1, 0.15) is 15.9 Å². The molecule has 0 aliphatic carbocycles. The summed E-state index contributed by atoms with van der Waals surface area (Å²) in [5, 5.41) is 18.3. The van der Waals surface area contributed by atoms with Crippen molar-refractivity contribution in [3.63, 3.8) is 0 Å². The number of rotatable bonds is 6. The molecule has 0 aromatic heterocycles. The maximum atomic E-state index is 12.9. The molecule has 0 bridgehead atoms. The van der Waals surface area contributed by atoms with Crippen LogP contribution >= 0.6 is 11.8 Å². The Hall–Kier alpha value is -2.84. The Kier molecular flexibility index (Phi) is 5.24. The second kappa shape index (κ2) is 7.59. The summed E-state index contributed by atoms with van der Waals surface area (Å²) in [4.78, 5) is 37.0. The van der Waals surface area contributed by atoms with Crippen molar-refractivity contribution in [1.29, 1.82) is 0 Å². The van der Waals surface area contributed by atoms with Crippen LogP contribution in [-0.4, -0.2) is 45.5 Å². The molecule has 1 heterocycles. The summed E-state index contributed by atoms with van der Waals surface area (Å²) >= 11 is 1.30. The molecule has 3 rings (SSSR count). The van der Waals surface area contributed by atoms with Crippen molar-refractivity contribution in [2.45, 2.75) is 16.7 Å². The molecular weight excluding hydrogens is 356 g/mol. The number of anilines is 1. The van der Waals surface area contributed by atoms with Crippen molar-refractivity contribution < 1.29 is 24.7 Å². The minimum absolute atomic E-state index is 0.115. The van der Waals surface area contributed by atoms with E-state index < -0.39 is 11.2 Å². The fourth-order valence-corrected chi connectivity index (χ4v) is 3.92. The van der Waals surface area contributed by atoms with E-state index in [0.29, 0.717) is 5.06 Å². The van der Waals surface area contributed by atoms with Gasteiger partial charge in [-0.05, 0) is 29.8 Å². The first-order valence-electron chi connectivity index (χ1n) is 7.79. The van der Waals surface area contributed by atoms with Crippen LogP contribution in [0.2, 0.25) is 0 Å². The third-order valence-electron chi connectivity index (χ3n) is 3.98. The largest absolute Gasteiger partial charge is 0.478 e. The number of hydrogen-bond acceptors (Lipinski definition) is 5. The molecule has 0 saturated heterocycles. The second-order valence-corrected chi connectivity index (χ2v) is 6.97. The highest BCUT2D eigenvalue weighted by molar-refractivity contribution is 8.01. The molecule has 8 heteroatoms. The number of benzene rings is 2. The van der Waals surface area contributed by atoms with Crippen LogP contribution in [0.25, 0.3) is 0 Å². The normalized spacial score (nSPS) is 16.1. The van der Waals surface area contributed by atoms with Crippen molar-refractivity contribution in [2.24, 2.45) is 0 Å². The van der Waals surface area contributed by atoms with Gasteiger partial charge in [0.2, 0.25) is 12.3 Å². The van der Waals surface area contributed by atoms with E-state index in [2.05, 4.69) is 0 Å². The SMILES string of the molecule is O=CN(O)CC1Sc2ccccc2N(Cc2ccc(C(=O)O)cc2)C1=O. The predicted molar refractivity (Wildman–Crippen MR) is 95.2 cm³/mol. The van der Waals surface area contributed by atoms with Gasteiger partial charge in [0.25, 0.3) is 0 Å². The molecule has 7 nitrogen and oxygen atoms in total. The lowest BCUT2D eigenvalue weighted by molar-refractivity contribution is -0.150. The number of hydroxylamine groups is 2. The number of carbonyl (C=O) groups excluding carboxylic acids is 2. The fourth-order valence-electron chi connectivity index (χ4n) is 2.70. The van der Waals surface area contributed by atoms with Gasteiger partial charge >= 0.3 is 5.97 Å². The Morgan fingerprint density at radius 2 is 1.88 bits per heavy atom. The Labute approximate surface area is 153 Å². The molecular formula is C18H16N2O5S. The van der Waals surface area contributed by atoms with Gasteiger partial charge in [-0.1, -0.05) is 24.3 Å². The second-order valence-electron chi connectivity index (χ2n) is 5.73. The Bertz CT molecular complexity index is 840. The summed E-state index contributed by atoms with van der Waals surface area (Å²) in [6, 6.07) is 13.7. The maximum absolute atomic E-state index is 12.9. The molecule has 2 N–H and O–H groups in total. The number of aromatic carboxylic acids is 1. The number of amides is 2. The summed E-state index contributed by atoms with van der Waals surface area (Å²) in [7, 11) is 0. The lowest BCUT2D eigenvalue weighted by atomic mass is 10.1. The summed E-state index contributed by atoms with van der Waals surface area (Å²) in [5.74, 6) is -1.23. The van der Waals surface area contributed by atoms with Gasteiger partial charge in [0.15, 0.2) is 0 Å². The average molecular weight is 372 g/mol. The van der Waals surface area contributed by atoms with Gasteiger partial charge in [-0.25, -0.2) is 9.86 Å². The molecule has 1 atom stereocenters. The average Bonchev–Trinajstić information content (AvgIpc) is 2.65. The maximum Gasteiger partial charge on any atom is 0.335 e. The predicted octanol–water partition coefficient (Wildman–Crippen LogP) is 2.24. The van der Waals surface area contributed by atoms with Crippen LogP contribution in [0.3, 0.4) is 0 Å². The van der Waals surface area contributed by atoms with Crippen LogP contribution in [0.4, 0.5) is 5.69 Å². The number of thioether (sulfide) groups is 1. The minimum Gasteiger partial charge on any atom is -0.478 e. The van der Waals surface area contributed by atoms with Crippen molar-refractivity contribution in [1.82, 2.24) is 5.06 Å². The number of para-hydroxylation sites is 1. The molecule has 2 aromatic rings. The summed E-state index contributed by atoms with van der Waals surface area (Å²) in [5.41, 5.74) is 1.70. The number of fused-ring (bicyclic) bond motifs is 1. The standard InChI is InChI=1S/C18H16N2O5S/c21-11-19(25)10-16-17(22)20(14-3-1-2-4-15(14)26-16)9-12-5-7-13(8-6-12)18(23)24/h1-8,11,16,25H,9-10H2,(H,23,24). The van der Waals surface area contributed by atoms with Gasteiger partial charge in [-0.2, -0.15) is 0 Å². The number of carbonyl (C=O) groups is 3. The quantitative estimate of drug-likeness (QED) is 0.458. The number of carboxylic acids is 1. The van der Waals surface area contributed by atoms with E-state index in [-0.39, 0.29) is 31.0 Å². The van der Waals surface area contributed by atoms with Crippen LogP contribution in [0.15, 0.2) is 53.4 Å². The Balaban J connectivity index is 1.89. The third-order valence-corrected chi connectivity index (χ3v) is 5.22. The Morgan fingerprint density at radius 1 is 1.19 bits per heavy atom. The first kappa shape index (κ1) is 18.0. The van der Waals surface area contributed by atoms with Crippen molar-refractivity contribution >= 4 is 35.7 Å². The van der Waals surface area contributed by atoms with Gasteiger partial charge in [0.05, 0.1) is 24.3 Å². The highest BCUT2D eigenvalue weighted by Crippen LogP contribution is 2.39. The van der Waals surface area contributed by atoms with E-state index in [0.717, 1.165) is 16.1 Å². The lowest BCUT2D eigenvalue weighted by Gasteiger charge is -2.34. The van der Waals surface area contributed by atoms with Crippen LogP contribution in [-0.2, 0) is 16.1 Å². The van der Waals surface area contributed by atoms with Gasteiger partial charge < -0.3 is 10.0 Å². The minimum atomic E-state index is -1.01. The highest BCUT2D eigenvalue weighted by atomic mass is 32.2. The molecule has 1 unspecified atom stereocenters. The van der Waals surface area contributed by atoms with E-state index >= 15 is 0 Å². The number of nitrogens with zero attached hydrogens (tertiary/aromatic N) is 2. The molecule has 1 aliphatic heterocycles. The van der Waals surface area contributed by atoms with Crippen molar-refractivity contribution in [3.05, 3.63) is 59.7 Å². The zero-order valence-corrected chi connectivity index (χ0v) is 14.4. The first-order valence-corrected chi connectivity index (χ1v) is 8.67. The zero-order valence-electron chi connectivity index (χ0n) is 13.6. The number of hydrogen-bond donors (Lipinski definition) is 2. The molecule has 134 valence electrons. The smallest absolute Gasteiger partial charge is 0.335 e. The zero-order chi connectivity index (χ0) is 18.7. The van der Waals surface area contributed by atoms with E-state index in [4.69, 9.17) is 5.11 Å². The van der Waals surface area contributed by atoms with Crippen LogP contribution in [0, 0.1) is 0 Å². The number of carboxylic acid groups (broad SMARTS) is 1. The summed E-state index contributed by atoms with van der Waals surface area (Å²) < 4.78 is 0. The summed E-state index contributed by atoms with van der Waals surface area (Å²) in [6.45, 7) is 0.148. The van der Waals surface area contributed by atoms with Gasteiger partial charge in [-0.3, -0.25) is 14.8 Å². The molecule has 0 radical (unpaired) electrons. The van der Waals surface area contributed by atoms with Crippen LogP contribution in [0.5, 0.6) is 0 Å². The highest BCUT2D eigenvalue weighted by Gasteiger charge is 2.34. The Morgan fingerprint density at radius 3 is 2.54 bits per heavy atom. The topological polar surface area (TPSA) is 98.2 Å². The molecule has 2 amide bonds. The van der Waals surface area contributed by atoms with Crippen molar-refractivity contribution in [2.75, 3.05) is 11.4 Å². The van der Waals surface area contributed by atoms with Gasteiger partial charge in [-0.15, -0.1) is 11.8 Å². The monoisotopic (exact) mass is 372 g/mol. The van der Waals surface area contributed by atoms with Crippen LogP contribution < -0.4 is 4.90 Å². The van der Waals surface area contributed by atoms with E-state index in [1.807, 2.05) is 24.3 Å². The van der Waals surface area contributed by atoms with Crippen molar-refractivity contribution in [3.8, 4) is 0 Å². The molecule has 26 heavy (non-hydrogen) atoms. The first-order chi connectivity index (χ1) is 12.5. The lowest BCUT2D eigenvalue weighted by Crippen LogP contribution is -2.45. The molecule has 0 fully saturated rings. The van der Waals surface area contributed by atoms with E-state index in [1.165, 1.54) is 23.9 Å². The summed E-state index contributed by atoms with van der Waals surface area (Å²) in [6.07, 6.45) is 0.267. The molecule has 0 spiro atoms. The van der Waals surface area contributed by atoms with Gasteiger partial charge in [0, 0.05) is 4.90 Å². The molecule has 1 aliphatic rings. The molecule has 0 saturated carbocycles. The molecule has 2 aromatic carbocycles. The fraction of sp³-hybridized carbons (Fsp3) is 0.167. The van der Waals surface area contributed by atoms with E-state index in [1.54, 1.807) is 17.0 Å². The van der Waals surface area contributed by atoms with E-state index in [9.17, 15) is 19.6 Å². The van der Waals surface area contributed by atoms with Gasteiger partial charge in [0.1, 0.15) is 5.25 Å². The third kappa shape index (κ3) is 3.71.